The predicted octanol–water partition coefficient (Wildman–Crippen LogP) is 3.61. The molecule has 1 N–H and O–H groups in total. The van der Waals surface area contributed by atoms with Gasteiger partial charge in [-0.05, 0) is 25.1 Å². The summed E-state index contributed by atoms with van der Waals surface area (Å²) >= 11 is 0. The molecule has 0 radical (unpaired) electrons. The van der Waals surface area contributed by atoms with Crippen LogP contribution in [0.1, 0.15) is 5.56 Å². The summed E-state index contributed by atoms with van der Waals surface area (Å²) < 4.78 is 24.8. The lowest BCUT2D eigenvalue weighted by molar-refractivity contribution is -0.623. The minimum absolute atomic E-state index is 0.0145. The van der Waals surface area contributed by atoms with Gasteiger partial charge < -0.3 is 5.21 Å². The average Bonchev–Trinajstić information content (AvgIpc) is 2.73. The molecule has 0 saturated heterocycles. The summed E-state index contributed by atoms with van der Waals surface area (Å²) in [6.45, 7) is 1.86. The molecule has 6 heteroatoms. The molecule has 4 aromatic rings. The van der Waals surface area contributed by atoms with Gasteiger partial charge >= 0.3 is 10.0 Å². The van der Waals surface area contributed by atoms with Gasteiger partial charge in [-0.2, -0.15) is 8.42 Å². The van der Waals surface area contributed by atoms with Gasteiger partial charge in [-0.1, -0.05) is 66.2 Å². The van der Waals surface area contributed by atoms with Crippen molar-refractivity contribution in [2.45, 2.75) is 11.8 Å². The summed E-state index contributed by atoms with van der Waals surface area (Å²) in [5.41, 5.74) is 2.96. The lowest BCUT2D eigenvalue weighted by Gasteiger charge is -2.22. The maximum atomic E-state index is 13.0. The van der Waals surface area contributed by atoms with Crippen molar-refractivity contribution in [3.63, 3.8) is 0 Å². The number of aromatic nitrogens is 1. The number of benzene rings is 3. The SMILES string of the molecule is Cc1ccc(S(=O)(=O)[NH+]([O-])c2cccc3ccc(-c4ccccc4)nc23)cc1. The van der Waals surface area contributed by atoms with Crippen LogP contribution >= 0.6 is 0 Å². The highest BCUT2D eigenvalue weighted by atomic mass is 32.2. The van der Waals surface area contributed by atoms with Gasteiger partial charge in [0.1, 0.15) is 10.4 Å². The van der Waals surface area contributed by atoms with Crippen molar-refractivity contribution in [2.24, 2.45) is 0 Å². The zero-order chi connectivity index (χ0) is 19.7. The van der Waals surface area contributed by atoms with Crippen molar-refractivity contribution in [1.29, 1.82) is 0 Å². The number of fused-ring (bicyclic) bond motifs is 1. The molecular weight excluding hydrogens is 372 g/mol. The standard InChI is InChI=1S/C22H18N2O3S/c1-16-10-13-19(14-11-16)28(26,27)24(25)21-9-5-8-18-12-15-20(23-22(18)21)17-6-3-2-4-7-17/h2-15,24H,1H3. The normalized spacial score (nSPS) is 12.8. The molecule has 3 aromatic carbocycles. The molecule has 0 aliphatic rings. The van der Waals surface area contributed by atoms with Crippen molar-refractivity contribution >= 4 is 26.6 Å². The van der Waals surface area contributed by atoms with Crippen molar-refractivity contribution < 1.29 is 12.9 Å². The molecule has 0 aliphatic heterocycles. The van der Waals surface area contributed by atoms with Crippen LogP contribution in [0.5, 0.6) is 0 Å². The van der Waals surface area contributed by atoms with E-state index in [2.05, 4.69) is 4.98 Å². The molecule has 1 atom stereocenters. The number of aryl methyl sites for hydroxylation is 1. The van der Waals surface area contributed by atoms with Crippen LogP contribution in [0.15, 0.2) is 89.8 Å². The van der Waals surface area contributed by atoms with Crippen LogP contribution in [0.2, 0.25) is 0 Å². The third kappa shape index (κ3) is 3.29. The first-order chi connectivity index (χ1) is 13.5. The van der Waals surface area contributed by atoms with Crippen LogP contribution in [0.3, 0.4) is 0 Å². The molecule has 0 fully saturated rings. The first-order valence-electron chi connectivity index (χ1n) is 8.78. The average molecular weight is 390 g/mol. The Hall–Kier alpha value is -3.06. The minimum atomic E-state index is -4.16. The van der Waals surface area contributed by atoms with Crippen molar-refractivity contribution in [1.82, 2.24) is 4.98 Å². The van der Waals surface area contributed by atoms with Gasteiger partial charge in [0.2, 0.25) is 0 Å². The Morgan fingerprint density at radius 1 is 0.821 bits per heavy atom. The molecule has 0 spiro atoms. The smallest absolute Gasteiger partial charge is 0.330 e. The summed E-state index contributed by atoms with van der Waals surface area (Å²) in [5, 5.41) is 13.7. The van der Waals surface area contributed by atoms with Crippen molar-refractivity contribution in [3.8, 4) is 11.3 Å². The fourth-order valence-electron chi connectivity index (χ4n) is 3.05. The van der Waals surface area contributed by atoms with E-state index in [0.29, 0.717) is 16.6 Å². The summed E-state index contributed by atoms with van der Waals surface area (Å²) in [4.78, 5) is 4.59. The van der Waals surface area contributed by atoms with Gasteiger partial charge in [-0.25, -0.2) is 9.45 Å². The van der Waals surface area contributed by atoms with Gasteiger partial charge in [0.05, 0.1) is 5.69 Å². The number of pyridine rings is 1. The van der Waals surface area contributed by atoms with Crippen LogP contribution in [0, 0.1) is 12.1 Å². The molecule has 28 heavy (non-hydrogen) atoms. The second-order valence-electron chi connectivity index (χ2n) is 6.54. The van der Waals surface area contributed by atoms with Gasteiger partial charge in [0, 0.05) is 17.0 Å². The van der Waals surface area contributed by atoms with Crippen LogP contribution in [0.25, 0.3) is 22.2 Å². The Labute approximate surface area is 163 Å². The predicted molar refractivity (Wildman–Crippen MR) is 110 cm³/mol. The molecular formula is C22H18N2O3S. The molecule has 1 heterocycles. The number of nitrogens with zero attached hydrogens (tertiary/aromatic N) is 1. The van der Waals surface area contributed by atoms with E-state index in [1.807, 2.05) is 55.5 Å². The summed E-state index contributed by atoms with van der Waals surface area (Å²) in [5.74, 6) is 0. The third-order valence-corrected chi connectivity index (χ3v) is 6.19. The van der Waals surface area contributed by atoms with E-state index in [1.165, 1.54) is 18.2 Å². The summed E-state index contributed by atoms with van der Waals surface area (Å²) in [6.07, 6.45) is 0. The number of quaternary nitrogens is 1. The van der Waals surface area contributed by atoms with Gasteiger partial charge in [-0.3, -0.25) is 0 Å². The van der Waals surface area contributed by atoms with E-state index in [1.54, 1.807) is 18.2 Å². The number of para-hydroxylation sites is 1. The van der Waals surface area contributed by atoms with Crippen LogP contribution < -0.4 is 4.47 Å². The Bertz CT molecular complexity index is 1240. The molecule has 0 amide bonds. The molecule has 0 bridgehead atoms. The fraction of sp³-hybridized carbons (Fsp3) is 0.0455. The van der Waals surface area contributed by atoms with E-state index in [-0.39, 0.29) is 10.6 Å². The van der Waals surface area contributed by atoms with E-state index in [0.717, 1.165) is 11.1 Å². The zero-order valence-corrected chi connectivity index (χ0v) is 16.0. The number of rotatable bonds is 4. The molecule has 1 unspecified atom stereocenters. The highest BCUT2D eigenvalue weighted by Gasteiger charge is 2.26. The maximum absolute atomic E-state index is 13.0. The summed E-state index contributed by atoms with van der Waals surface area (Å²) in [6, 6.07) is 24.5. The minimum Gasteiger partial charge on any atom is -0.612 e. The Morgan fingerprint density at radius 3 is 2.25 bits per heavy atom. The third-order valence-electron chi connectivity index (χ3n) is 4.59. The van der Waals surface area contributed by atoms with Crippen LogP contribution in [-0.2, 0) is 10.0 Å². The molecule has 1 aromatic heterocycles. The van der Waals surface area contributed by atoms with Crippen LogP contribution in [0.4, 0.5) is 5.69 Å². The Kier molecular flexibility index (Phi) is 4.68. The van der Waals surface area contributed by atoms with Crippen LogP contribution in [-0.4, -0.2) is 13.4 Å². The molecule has 0 aliphatic carbocycles. The second kappa shape index (κ2) is 7.16. The van der Waals surface area contributed by atoms with Gasteiger partial charge in [-0.15, -0.1) is 0 Å². The number of hydrogen-bond acceptors (Lipinski definition) is 4. The largest absolute Gasteiger partial charge is 0.612 e. The number of hydrogen-bond donors (Lipinski definition) is 1. The monoisotopic (exact) mass is 390 g/mol. The quantitative estimate of drug-likeness (QED) is 0.540. The number of sulfonamides is 1. The zero-order valence-electron chi connectivity index (χ0n) is 15.2. The maximum Gasteiger partial charge on any atom is 0.330 e. The van der Waals surface area contributed by atoms with E-state index >= 15 is 0 Å². The Morgan fingerprint density at radius 2 is 1.54 bits per heavy atom. The van der Waals surface area contributed by atoms with E-state index in [4.69, 9.17) is 0 Å². The first kappa shape index (κ1) is 18.3. The second-order valence-corrected chi connectivity index (χ2v) is 8.39. The first-order valence-corrected chi connectivity index (χ1v) is 10.3. The molecule has 4 rings (SSSR count). The lowest BCUT2D eigenvalue weighted by Crippen LogP contribution is -3.04. The van der Waals surface area contributed by atoms with Gasteiger partial charge in [0.15, 0.2) is 5.69 Å². The van der Waals surface area contributed by atoms with Crippen molar-refractivity contribution in [2.75, 3.05) is 0 Å². The highest BCUT2D eigenvalue weighted by molar-refractivity contribution is 7.85. The molecule has 0 saturated carbocycles. The highest BCUT2D eigenvalue weighted by Crippen LogP contribution is 2.24. The summed E-state index contributed by atoms with van der Waals surface area (Å²) in [7, 11) is -4.16. The fourth-order valence-corrected chi connectivity index (χ4v) is 4.21. The van der Waals surface area contributed by atoms with Crippen molar-refractivity contribution in [3.05, 3.63) is 95.7 Å². The molecule has 140 valence electrons. The Balaban J connectivity index is 1.84. The number of nitrogens with one attached hydrogen (secondary N) is 1. The van der Waals surface area contributed by atoms with Gasteiger partial charge in [0.25, 0.3) is 0 Å². The van der Waals surface area contributed by atoms with E-state index < -0.39 is 14.5 Å². The lowest BCUT2D eigenvalue weighted by atomic mass is 10.1. The van der Waals surface area contributed by atoms with E-state index in [9.17, 15) is 13.6 Å². The topological polar surface area (TPSA) is 74.5 Å². The molecule has 5 nitrogen and oxygen atoms in total.